The van der Waals surface area contributed by atoms with Gasteiger partial charge in [-0.2, -0.15) is 9.97 Å². The number of rotatable bonds is 5. The van der Waals surface area contributed by atoms with Gasteiger partial charge in [0.2, 0.25) is 11.8 Å². The second-order valence-corrected chi connectivity index (χ2v) is 5.49. The molecule has 3 rings (SSSR count). The minimum absolute atomic E-state index is 0.239. The van der Waals surface area contributed by atoms with Crippen molar-refractivity contribution in [3.05, 3.63) is 23.4 Å². The van der Waals surface area contributed by atoms with Crippen LogP contribution in [0.15, 0.2) is 9.05 Å². The molecule has 0 saturated carbocycles. The predicted octanol–water partition coefficient (Wildman–Crippen LogP) is 2.14. The van der Waals surface area contributed by atoms with Gasteiger partial charge >= 0.3 is 0 Å². The van der Waals surface area contributed by atoms with Crippen molar-refractivity contribution in [1.82, 2.24) is 25.6 Å². The Balaban J connectivity index is 1.50. The van der Waals surface area contributed by atoms with Crippen molar-refractivity contribution < 1.29 is 9.05 Å². The SMILES string of the molecule is Cc1noc(CCCc2nc(C3CCCCCN3)no2)n1. The van der Waals surface area contributed by atoms with Crippen LogP contribution in [0.3, 0.4) is 0 Å². The summed E-state index contributed by atoms with van der Waals surface area (Å²) >= 11 is 0. The molecule has 1 aliphatic rings. The Morgan fingerprint density at radius 2 is 1.86 bits per heavy atom. The van der Waals surface area contributed by atoms with Crippen molar-refractivity contribution in [3.8, 4) is 0 Å². The highest BCUT2D eigenvalue weighted by Gasteiger charge is 2.19. The highest BCUT2D eigenvalue weighted by atomic mass is 16.5. The minimum atomic E-state index is 0.239. The third kappa shape index (κ3) is 3.87. The summed E-state index contributed by atoms with van der Waals surface area (Å²) in [7, 11) is 0. The van der Waals surface area contributed by atoms with Crippen LogP contribution in [0.1, 0.15) is 61.6 Å². The minimum Gasteiger partial charge on any atom is -0.339 e. The maximum absolute atomic E-state index is 5.33. The largest absolute Gasteiger partial charge is 0.339 e. The van der Waals surface area contributed by atoms with Crippen LogP contribution < -0.4 is 5.32 Å². The Hall–Kier alpha value is -1.76. The van der Waals surface area contributed by atoms with Crippen LogP contribution in [-0.4, -0.2) is 26.8 Å². The first-order valence-electron chi connectivity index (χ1n) is 7.66. The molecule has 21 heavy (non-hydrogen) atoms. The van der Waals surface area contributed by atoms with Crippen LogP contribution in [0, 0.1) is 6.92 Å². The third-order valence-corrected chi connectivity index (χ3v) is 3.71. The molecule has 0 aromatic carbocycles. The molecule has 7 heteroatoms. The van der Waals surface area contributed by atoms with E-state index in [1.807, 2.05) is 6.92 Å². The molecule has 3 heterocycles. The van der Waals surface area contributed by atoms with Crippen LogP contribution in [0.25, 0.3) is 0 Å². The fourth-order valence-electron chi connectivity index (χ4n) is 2.59. The van der Waals surface area contributed by atoms with Crippen LogP contribution in [0.4, 0.5) is 0 Å². The zero-order valence-corrected chi connectivity index (χ0v) is 12.3. The summed E-state index contributed by atoms with van der Waals surface area (Å²) in [5.41, 5.74) is 0. The average Bonchev–Trinajstić information content (AvgIpc) is 3.01. The van der Waals surface area contributed by atoms with Crippen LogP contribution in [0.2, 0.25) is 0 Å². The molecule has 7 nitrogen and oxygen atoms in total. The van der Waals surface area contributed by atoms with Gasteiger partial charge in [0, 0.05) is 12.8 Å². The average molecular weight is 291 g/mol. The third-order valence-electron chi connectivity index (χ3n) is 3.71. The summed E-state index contributed by atoms with van der Waals surface area (Å²) in [4.78, 5) is 8.68. The molecule has 2 aromatic rings. The number of nitrogens with zero attached hydrogens (tertiary/aromatic N) is 4. The lowest BCUT2D eigenvalue weighted by Gasteiger charge is -2.09. The summed E-state index contributed by atoms with van der Waals surface area (Å²) in [6.45, 7) is 2.85. The van der Waals surface area contributed by atoms with E-state index < -0.39 is 0 Å². The van der Waals surface area contributed by atoms with Gasteiger partial charge in [-0.25, -0.2) is 0 Å². The van der Waals surface area contributed by atoms with Gasteiger partial charge in [-0.05, 0) is 32.7 Å². The van der Waals surface area contributed by atoms with Gasteiger partial charge in [0.25, 0.3) is 0 Å². The van der Waals surface area contributed by atoms with E-state index in [0.29, 0.717) is 17.6 Å². The summed E-state index contributed by atoms with van der Waals surface area (Å²) in [5.74, 6) is 2.81. The van der Waals surface area contributed by atoms with E-state index >= 15 is 0 Å². The first-order chi connectivity index (χ1) is 10.3. The monoisotopic (exact) mass is 291 g/mol. The van der Waals surface area contributed by atoms with E-state index in [1.54, 1.807) is 0 Å². The second kappa shape index (κ2) is 6.80. The van der Waals surface area contributed by atoms with Gasteiger partial charge in [0.05, 0.1) is 6.04 Å². The molecule has 1 atom stereocenters. The fraction of sp³-hybridized carbons (Fsp3) is 0.714. The Morgan fingerprint density at radius 1 is 1.05 bits per heavy atom. The molecule has 1 saturated heterocycles. The highest BCUT2D eigenvalue weighted by molar-refractivity contribution is 4.95. The number of aromatic nitrogens is 4. The van der Waals surface area contributed by atoms with Crippen LogP contribution >= 0.6 is 0 Å². The van der Waals surface area contributed by atoms with Gasteiger partial charge in [-0.15, -0.1) is 0 Å². The first kappa shape index (κ1) is 14.2. The molecule has 0 spiro atoms. The smallest absolute Gasteiger partial charge is 0.226 e. The quantitative estimate of drug-likeness (QED) is 0.902. The maximum Gasteiger partial charge on any atom is 0.226 e. The second-order valence-electron chi connectivity index (χ2n) is 5.49. The first-order valence-corrected chi connectivity index (χ1v) is 7.66. The summed E-state index contributed by atoms with van der Waals surface area (Å²) < 4.78 is 10.4. The topological polar surface area (TPSA) is 89.9 Å². The molecule has 0 radical (unpaired) electrons. The van der Waals surface area contributed by atoms with E-state index in [2.05, 4.69) is 25.6 Å². The number of aryl methyl sites for hydroxylation is 3. The van der Waals surface area contributed by atoms with Crippen molar-refractivity contribution in [2.75, 3.05) is 6.54 Å². The molecular formula is C14H21N5O2. The molecule has 114 valence electrons. The summed E-state index contributed by atoms with van der Waals surface area (Å²) in [6.07, 6.45) is 7.14. The molecule has 1 N–H and O–H groups in total. The molecule has 0 aliphatic carbocycles. The molecule has 1 aliphatic heterocycles. The van der Waals surface area contributed by atoms with E-state index in [1.165, 1.54) is 19.3 Å². The molecule has 0 amide bonds. The van der Waals surface area contributed by atoms with Gasteiger partial charge in [0.1, 0.15) is 0 Å². The predicted molar refractivity (Wildman–Crippen MR) is 74.6 cm³/mol. The molecule has 0 bridgehead atoms. The van der Waals surface area contributed by atoms with Crippen molar-refractivity contribution in [2.45, 2.75) is 57.9 Å². The van der Waals surface area contributed by atoms with E-state index in [4.69, 9.17) is 9.05 Å². The van der Waals surface area contributed by atoms with Gasteiger partial charge in [-0.3, -0.25) is 0 Å². The number of hydrogen-bond acceptors (Lipinski definition) is 7. The lowest BCUT2D eigenvalue weighted by atomic mass is 10.1. The van der Waals surface area contributed by atoms with Gasteiger partial charge in [-0.1, -0.05) is 23.2 Å². The molecular weight excluding hydrogens is 270 g/mol. The van der Waals surface area contributed by atoms with Gasteiger partial charge < -0.3 is 14.4 Å². The standard InChI is InChI=1S/C14H21N5O2/c1-10-16-12(20-18-10)7-5-8-13-17-14(19-21-13)11-6-3-2-4-9-15-11/h11,15H,2-9H2,1H3. The highest BCUT2D eigenvalue weighted by Crippen LogP contribution is 2.20. The summed E-state index contributed by atoms with van der Waals surface area (Å²) in [6, 6.07) is 0.239. The normalized spacial score (nSPS) is 19.6. The number of hydrogen-bond donors (Lipinski definition) is 1. The Morgan fingerprint density at radius 3 is 2.67 bits per heavy atom. The van der Waals surface area contributed by atoms with E-state index in [9.17, 15) is 0 Å². The Labute approximate surface area is 123 Å². The Kier molecular flexibility index (Phi) is 4.59. The lowest BCUT2D eigenvalue weighted by molar-refractivity contribution is 0.351. The molecule has 2 aromatic heterocycles. The van der Waals surface area contributed by atoms with Crippen molar-refractivity contribution in [1.29, 1.82) is 0 Å². The Bertz CT molecular complexity index is 557. The van der Waals surface area contributed by atoms with E-state index in [0.717, 1.165) is 38.1 Å². The lowest BCUT2D eigenvalue weighted by Crippen LogP contribution is -2.21. The molecule has 1 unspecified atom stereocenters. The van der Waals surface area contributed by atoms with E-state index in [-0.39, 0.29) is 6.04 Å². The molecule has 1 fully saturated rings. The van der Waals surface area contributed by atoms with Gasteiger partial charge in [0.15, 0.2) is 11.6 Å². The zero-order valence-electron chi connectivity index (χ0n) is 12.3. The van der Waals surface area contributed by atoms with Crippen LogP contribution in [-0.2, 0) is 12.8 Å². The van der Waals surface area contributed by atoms with Crippen LogP contribution in [0.5, 0.6) is 0 Å². The maximum atomic E-state index is 5.33. The fourth-order valence-corrected chi connectivity index (χ4v) is 2.59. The van der Waals surface area contributed by atoms with Crippen molar-refractivity contribution >= 4 is 0 Å². The van der Waals surface area contributed by atoms with Crippen molar-refractivity contribution in [2.24, 2.45) is 0 Å². The number of nitrogens with one attached hydrogen (secondary N) is 1. The van der Waals surface area contributed by atoms with Crippen molar-refractivity contribution in [3.63, 3.8) is 0 Å². The summed E-state index contributed by atoms with van der Waals surface area (Å²) in [5, 5.41) is 11.4. The zero-order chi connectivity index (χ0) is 14.5.